The summed E-state index contributed by atoms with van der Waals surface area (Å²) in [5.74, 6) is 0.645. The lowest BCUT2D eigenvalue weighted by molar-refractivity contribution is 0.928. The summed E-state index contributed by atoms with van der Waals surface area (Å²) in [4.78, 5) is 8.82. The van der Waals surface area contributed by atoms with Gasteiger partial charge in [-0.1, -0.05) is 0 Å². The fraction of sp³-hybridized carbons (Fsp3) is 0.250. The Hall–Kier alpha value is -1.47. The van der Waals surface area contributed by atoms with Gasteiger partial charge in [-0.15, -0.1) is 16.4 Å². The Morgan fingerprint density at radius 2 is 2.26 bits per heavy atom. The average molecular weight is 338 g/mol. The van der Waals surface area contributed by atoms with Gasteiger partial charge in [0.2, 0.25) is 5.95 Å². The number of thiazole rings is 1. The van der Waals surface area contributed by atoms with E-state index in [1.54, 1.807) is 15.9 Å². The first kappa shape index (κ1) is 12.6. The van der Waals surface area contributed by atoms with Gasteiger partial charge >= 0.3 is 0 Å². The first-order valence-electron chi connectivity index (χ1n) is 5.87. The van der Waals surface area contributed by atoms with E-state index in [9.17, 15) is 0 Å². The number of hydrogen-bond acceptors (Lipinski definition) is 5. The first-order chi connectivity index (χ1) is 9.20. The zero-order chi connectivity index (χ0) is 13.2. The van der Waals surface area contributed by atoms with E-state index in [-0.39, 0.29) is 0 Å². The number of hydrogen-bond donors (Lipinski definition) is 1. The van der Waals surface area contributed by atoms with Gasteiger partial charge in [0.1, 0.15) is 0 Å². The van der Waals surface area contributed by atoms with Crippen molar-refractivity contribution in [3.8, 4) is 0 Å². The van der Waals surface area contributed by atoms with Crippen molar-refractivity contribution in [1.29, 1.82) is 0 Å². The van der Waals surface area contributed by atoms with E-state index in [1.165, 1.54) is 0 Å². The van der Waals surface area contributed by atoms with Gasteiger partial charge in [-0.25, -0.2) is 9.50 Å². The molecule has 0 radical (unpaired) electrons. The molecule has 0 aliphatic rings. The maximum Gasteiger partial charge on any atom is 0.243 e. The van der Waals surface area contributed by atoms with Crippen LogP contribution in [0.3, 0.4) is 0 Å². The molecule has 0 spiro atoms. The third-order valence-electron chi connectivity index (χ3n) is 2.58. The molecule has 98 valence electrons. The second kappa shape index (κ2) is 5.26. The predicted molar refractivity (Wildman–Crippen MR) is 79.7 cm³/mol. The summed E-state index contributed by atoms with van der Waals surface area (Å²) >= 11 is 5.10. The highest BCUT2D eigenvalue weighted by atomic mass is 79.9. The van der Waals surface area contributed by atoms with Crippen LogP contribution in [0.25, 0.3) is 5.65 Å². The van der Waals surface area contributed by atoms with E-state index in [4.69, 9.17) is 0 Å². The second-order valence-corrected chi connectivity index (χ2v) is 6.00. The number of aromatic nitrogens is 4. The molecule has 3 heterocycles. The smallest absolute Gasteiger partial charge is 0.243 e. The predicted octanol–water partition coefficient (Wildman–Crippen LogP) is 2.91. The van der Waals surface area contributed by atoms with Crippen LogP contribution in [-0.2, 0) is 6.42 Å². The summed E-state index contributed by atoms with van der Waals surface area (Å²) in [6.45, 7) is 2.79. The van der Waals surface area contributed by atoms with E-state index in [0.717, 1.165) is 33.8 Å². The standard InChI is InChI=1S/C12H12BrN5S/c1-8-7-19-11(15-8)4-5-14-12-16-10-3-2-9(13)6-18(10)17-12/h2-3,6-7H,4-5H2,1H3,(H,14,17). The molecule has 0 aromatic carbocycles. The molecule has 19 heavy (non-hydrogen) atoms. The maximum atomic E-state index is 4.42. The molecule has 5 nitrogen and oxygen atoms in total. The Balaban J connectivity index is 1.65. The third kappa shape index (κ3) is 2.93. The maximum absolute atomic E-state index is 4.42. The molecule has 0 aliphatic carbocycles. The van der Waals surface area contributed by atoms with Gasteiger partial charge in [-0.3, -0.25) is 0 Å². The number of rotatable bonds is 4. The summed E-state index contributed by atoms with van der Waals surface area (Å²) in [6.07, 6.45) is 2.77. The Bertz CT molecular complexity index is 705. The first-order valence-corrected chi connectivity index (χ1v) is 7.55. The Morgan fingerprint density at radius 3 is 3.05 bits per heavy atom. The van der Waals surface area contributed by atoms with Gasteiger partial charge in [0.15, 0.2) is 5.65 Å². The van der Waals surface area contributed by atoms with E-state index >= 15 is 0 Å². The monoisotopic (exact) mass is 337 g/mol. The molecule has 0 fully saturated rings. The van der Waals surface area contributed by atoms with Crippen molar-refractivity contribution in [3.05, 3.63) is 38.9 Å². The molecule has 3 rings (SSSR count). The van der Waals surface area contributed by atoms with E-state index in [0.29, 0.717) is 5.95 Å². The summed E-state index contributed by atoms with van der Waals surface area (Å²) in [5, 5.41) is 10.8. The van der Waals surface area contributed by atoms with Crippen molar-refractivity contribution < 1.29 is 0 Å². The Labute approximate surface area is 122 Å². The number of fused-ring (bicyclic) bond motifs is 1. The van der Waals surface area contributed by atoms with E-state index in [1.807, 2.05) is 25.3 Å². The summed E-state index contributed by atoms with van der Waals surface area (Å²) in [6, 6.07) is 3.87. The average Bonchev–Trinajstić information content (AvgIpc) is 2.95. The zero-order valence-corrected chi connectivity index (χ0v) is 12.7. The molecule has 3 aromatic heterocycles. The molecule has 0 bridgehead atoms. The van der Waals surface area contributed by atoms with E-state index in [2.05, 4.69) is 41.7 Å². The van der Waals surface area contributed by atoms with Gasteiger partial charge in [0, 0.05) is 34.7 Å². The SMILES string of the molecule is Cc1csc(CCNc2nc3ccc(Br)cn3n2)n1. The molecule has 1 N–H and O–H groups in total. The molecule has 0 amide bonds. The van der Waals surface area contributed by atoms with Crippen molar-refractivity contribution in [2.45, 2.75) is 13.3 Å². The number of pyridine rings is 1. The van der Waals surface area contributed by atoms with Gasteiger partial charge in [0.25, 0.3) is 0 Å². The van der Waals surface area contributed by atoms with Crippen molar-refractivity contribution in [1.82, 2.24) is 19.6 Å². The third-order valence-corrected chi connectivity index (χ3v) is 4.08. The Morgan fingerprint density at radius 1 is 1.37 bits per heavy atom. The lowest BCUT2D eigenvalue weighted by Crippen LogP contribution is -2.06. The van der Waals surface area contributed by atoms with Crippen LogP contribution >= 0.6 is 27.3 Å². The quantitative estimate of drug-likeness (QED) is 0.795. The van der Waals surface area contributed by atoms with Crippen LogP contribution in [0, 0.1) is 6.92 Å². The van der Waals surface area contributed by atoms with Gasteiger partial charge in [-0.05, 0) is 35.0 Å². The van der Waals surface area contributed by atoms with Crippen LogP contribution in [0.5, 0.6) is 0 Å². The number of anilines is 1. The Kier molecular flexibility index (Phi) is 3.48. The highest BCUT2D eigenvalue weighted by molar-refractivity contribution is 9.10. The lowest BCUT2D eigenvalue weighted by atomic mass is 10.4. The van der Waals surface area contributed by atoms with Crippen molar-refractivity contribution in [3.63, 3.8) is 0 Å². The minimum Gasteiger partial charge on any atom is -0.352 e. The fourth-order valence-corrected chi connectivity index (χ4v) is 2.83. The molecule has 3 aromatic rings. The summed E-state index contributed by atoms with van der Waals surface area (Å²) in [7, 11) is 0. The van der Waals surface area contributed by atoms with Crippen LogP contribution in [0.1, 0.15) is 10.7 Å². The molecule has 7 heteroatoms. The summed E-state index contributed by atoms with van der Waals surface area (Å²) < 4.78 is 2.73. The molecule has 0 atom stereocenters. The van der Waals surface area contributed by atoms with Crippen molar-refractivity contribution in [2.75, 3.05) is 11.9 Å². The van der Waals surface area contributed by atoms with Gasteiger partial charge in [-0.2, -0.15) is 4.98 Å². The van der Waals surface area contributed by atoms with Crippen molar-refractivity contribution in [2.24, 2.45) is 0 Å². The largest absolute Gasteiger partial charge is 0.352 e. The van der Waals surface area contributed by atoms with Gasteiger partial charge < -0.3 is 5.32 Å². The van der Waals surface area contributed by atoms with Crippen LogP contribution < -0.4 is 5.32 Å². The number of nitrogens with zero attached hydrogens (tertiary/aromatic N) is 4. The minimum atomic E-state index is 0.645. The zero-order valence-electron chi connectivity index (χ0n) is 10.3. The van der Waals surface area contributed by atoms with Crippen LogP contribution in [0.4, 0.5) is 5.95 Å². The van der Waals surface area contributed by atoms with Gasteiger partial charge in [0.05, 0.1) is 5.01 Å². The van der Waals surface area contributed by atoms with Crippen molar-refractivity contribution >= 4 is 38.9 Å². The normalized spacial score (nSPS) is 11.1. The topological polar surface area (TPSA) is 55.1 Å². The number of nitrogens with one attached hydrogen (secondary N) is 1. The summed E-state index contributed by atoms with van der Waals surface area (Å²) in [5.41, 5.74) is 1.91. The van der Waals surface area contributed by atoms with Crippen LogP contribution in [0.2, 0.25) is 0 Å². The molecular formula is C12H12BrN5S. The molecule has 0 saturated heterocycles. The van der Waals surface area contributed by atoms with Crippen LogP contribution in [0.15, 0.2) is 28.2 Å². The molecule has 0 unspecified atom stereocenters. The lowest BCUT2D eigenvalue weighted by Gasteiger charge is -1.98. The minimum absolute atomic E-state index is 0.645. The highest BCUT2D eigenvalue weighted by Gasteiger charge is 2.04. The highest BCUT2D eigenvalue weighted by Crippen LogP contribution is 2.13. The van der Waals surface area contributed by atoms with E-state index < -0.39 is 0 Å². The molecule has 0 aliphatic heterocycles. The number of halogens is 1. The second-order valence-electron chi connectivity index (χ2n) is 4.14. The number of aryl methyl sites for hydroxylation is 1. The fourth-order valence-electron chi connectivity index (χ4n) is 1.73. The van der Waals surface area contributed by atoms with Crippen LogP contribution in [-0.4, -0.2) is 26.1 Å². The molecular weight excluding hydrogens is 326 g/mol. The molecule has 0 saturated carbocycles.